The second kappa shape index (κ2) is 11.2. The van der Waals surface area contributed by atoms with E-state index >= 15 is 0 Å². The number of aryl methyl sites for hydroxylation is 1. The summed E-state index contributed by atoms with van der Waals surface area (Å²) in [6, 6.07) is 16.9. The lowest BCUT2D eigenvalue weighted by Gasteiger charge is -2.49. The van der Waals surface area contributed by atoms with Gasteiger partial charge in [-0.25, -0.2) is 12.8 Å². The molecule has 210 valence electrons. The monoisotopic (exact) mass is 583 g/mol. The standard InChI is InChI=1S/C30H31ClFN3O4S/c1-20-6-4-7-24(14-20)40(37,38)35-18-23-17-33(19-29(36)39-3)12-13-34(23)27-11-10-22(16-28(27)35)15-21(2)30-25(31)8-5-9-26(30)32/h4-11,14-16,23H,12-13,17-19H2,1-3H3/b21-15+/t23-/m0/s1. The summed E-state index contributed by atoms with van der Waals surface area (Å²) in [6.45, 7) is 5.79. The van der Waals surface area contributed by atoms with Gasteiger partial charge in [-0.15, -0.1) is 0 Å². The Kier molecular flexibility index (Phi) is 7.90. The number of sulfonamides is 1. The van der Waals surface area contributed by atoms with Crippen molar-refractivity contribution < 1.29 is 22.3 Å². The number of fused-ring (bicyclic) bond motifs is 3. The fourth-order valence-electron chi connectivity index (χ4n) is 5.47. The summed E-state index contributed by atoms with van der Waals surface area (Å²) in [5.74, 6) is -0.744. The van der Waals surface area contributed by atoms with E-state index in [2.05, 4.69) is 4.90 Å². The number of anilines is 2. The number of piperazine rings is 1. The minimum Gasteiger partial charge on any atom is -0.468 e. The molecule has 0 amide bonds. The molecule has 3 aromatic rings. The average molecular weight is 584 g/mol. The number of carbonyl (C=O) groups is 1. The van der Waals surface area contributed by atoms with E-state index in [0.717, 1.165) is 16.8 Å². The van der Waals surface area contributed by atoms with E-state index in [1.165, 1.54) is 17.5 Å². The van der Waals surface area contributed by atoms with Crippen molar-refractivity contribution in [1.82, 2.24) is 4.90 Å². The van der Waals surface area contributed by atoms with Crippen LogP contribution >= 0.6 is 11.6 Å². The molecule has 1 fully saturated rings. The van der Waals surface area contributed by atoms with Crippen LogP contribution in [0.15, 0.2) is 65.6 Å². The van der Waals surface area contributed by atoms with Gasteiger partial charge in [0.2, 0.25) is 0 Å². The number of rotatable bonds is 6. The van der Waals surface area contributed by atoms with Crippen LogP contribution < -0.4 is 9.21 Å². The number of hydrogen-bond donors (Lipinski definition) is 0. The molecule has 0 N–H and O–H groups in total. The highest BCUT2D eigenvalue weighted by Crippen LogP contribution is 2.41. The molecule has 0 bridgehead atoms. The van der Waals surface area contributed by atoms with Gasteiger partial charge in [0.05, 0.1) is 47.5 Å². The third-order valence-corrected chi connectivity index (χ3v) is 9.51. The van der Waals surface area contributed by atoms with Crippen LogP contribution in [0.5, 0.6) is 0 Å². The Balaban J connectivity index is 1.58. The van der Waals surface area contributed by atoms with Gasteiger partial charge in [0.25, 0.3) is 10.0 Å². The predicted molar refractivity (Wildman–Crippen MR) is 157 cm³/mol. The quantitative estimate of drug-likeness (QED) is 0.293. The number of halogens is 2. The number of ether oxygens (including phenoxy) is 1. The smallest absolute Gasteiger partial charge is 0.319 e. The molecule has 2 aliphatic heterocycles. The van der Waals surface area contributed by atoms with E-state index in [9.17, 15) is 17.6 Å². The molecule has 2 aliphatic rings. The summed E-state index contributed by atoms with van der Waals surface area (Å²) >= 11 is 6.29. The molecule has 0 unspecified atom stereocenters. The molecule has 0 aromatic heterocycles. The normalized spacial score (nSPS) is 17.8. The fourth-order valence-corrected chi connectivity index (χ4v) is 7.40. The predicted octanol–water partition coefficient (Wildman–Crippen LogP) is 5.22. The maximum atomic E-state index is 14.6. The van der Waals surface area contributed by atoms with Gasteiger partial charge in [0, 0.05) is 25.2 Å². The molecule has 1 atom stereocenters. The van der Waals surface area contributed by atoms with Gasteiger partial charge in [-0.3, -0.25) is 14.0 Å². The van der Waals surface area contributed by atoms with E-state index in [1.807, 2.05) is 42.2 Å². The maximum Gasteiger partial charge on any atom is 0.319 e. The van der Waals surface area contributed by atoms with Gasteiger partial charge in [-0.1, -0.05) is 41.9 Å². The molecular weight excluding hydrogens is 553 g/mol. The van der Waals surface area contributed by atoms with E-state index in [1.54, 1.807) is 37.3 Å². The van der Waals surface area contributed by atoms with Crippen molar-refractivity contribution in [1.29, 1.82) is 0 Å². The maximum absolute atomic E-state index is 14.6. The summed E-state index contributed by atoms with van der Waals surface area (Å²) in [4.78, 5) is 16.3. The molecule has 1 saturated heterocycles. The second-order valence-corrected chi connectivity index (χ2v) is 12.5. The van der Waals surface area contributed by atoms with Crippen LogP contribution in [0.4, 0.5) is 15.8 Å². The van der Waals surface area contributed by atoms with Crippen molar-refractivity contribution >= 4 is 50.6 Å². The van der Waals surface area contributed by atoms with Crippen LogP contribution in [0.1, 0.15) is 23.6 Å². The minimum atomic E-state index is -3.91. The molecule has 5 rings (SSSR count). The number of esters is 1. The molecule has 0 radical (unpaired) electrons. The zero-order valence-corrected chi connectivity index (χ0v) is 24.2. The summed E-state index contributed by atoms with van der Waals surface area (Å²) < 4.78 is 49.0. The fraction of sp³-hybridized carbons (Fsp3) is 0.300. The van der Waals surface area contributed by atoms with Gasteiger partial charge >= 0.3 is 5.97 Å². The van der Waals surface area contributed by atoms with E-state index < -0.39 is 15.8 Å². The van der Waals surface area contributed by atoms with Crippen LogP contribution in [0.3, 0.4) is 0 Å². The molecule has 2 heterocycles. The van der Waals surface area contributed by atoms with E-state index in [-0.39, 0.29) is 30.0 Å². The van der Waals surface area contributed by atoms with Gasteiger partial charge < -0.3 is 9.64 Å². The lowest BCUT2D eigenvalue weighted by atomic mass is 10.0. The topological polar surface area (TPSA) is 70.2 Å². The molecule has 7 nitrogen and oxygen atoms in total. The van der Waals surface area contributed by atoms with Crippen molar-refractivity contribution in [2.45, 2.75) is 24.8 Å². The van der Waals surface area contributed by atoms with Crippen LogP contribution in [0.2, 0.25) is 5.02 Å². The molecule has 0 spiro atoms. The van der Waals surface area contributed by atoms with Crippen molar-refractivity contribution in [2.75, 3.05) is 49.0 Å². The summed E-state index contributed by atoms with van der Waals surface area (Å²) in [7, 11) is -2.55. The molecule has 3 aromatic carbocycles. The molecule has 0 aliphatic carbocycles. The Labute approximate surface area is 239 Å². The first-order chi connectivity index (χ1) is 19.1. The van der Waals surface area contributed by atoms with E-state index in [4.69, 9.17) is 16.3 Å². The summed E-state index contributed by atoms with van der Waals surface area (Å²) in [5.41, 5.74) is 3.86. The Morgan fingerprint density at radius 1 is 1.07 bits per heavy atom. The van der Waals surface area contributed by atoms with Gasteiger partial charge in [-0.2, -0.15) is 0 Å². The zero-order valence-electron chi connectivity index (χ0n) is 22.6. The lowest BCUT2D eigenvalue weighted by molar-refractivity contribution is -0.142. The van der Waals surface area contributed by atoms with Crippen LogP contribution in [0.25, 0.3) is 11.6 Å². The molecule has 10 heteroatoms. The van der Waals surface area contributed by atoms with Crippen molar-refractivity contribution in [2.24, 2.45) is 0 Å². The third kappa shape index (κ3) is 5.46. The largest absolute Gasteiger partial charge is 0.468 e. The van der Waals surface area contributed by atoms with Gasteiger partial charge in [0.15, 0.2) is 0 Å². The second-order valence-electron chi connectivity index (χ2n) is 10.2. The zero-order chi connectivity index (χ0) is 28.6. The molecule has 40 heavy (non-hydrogen) atoms. The Hall–Kier alpha value is -3.40. The first-order valence-electron chi connectivity index (χ1n) is 13.0. The number of hydrogen-bond acceptors (Lipinski definition) is 6. The number of methoxy groups -OCH3 is 1. The number of carbonyl (C=O) groups excluding carboxylic acids is 1. The van der Waals surface area contributed by atoms with Crippen molar-refractivity contribution in [3.8, 4) is 0 Å². The summed E-state index contributed by atoms with van der Waals surface area (Å²) in [5, 5.41) is 0.308. The Morgan fingerprint density at radius 3 is 2.58 bits per heavy atom. The highest BCUT2D eigenvalue weighted by molar-refractivity contribution is 7.92. The van der Waals surface area contributed by atoms with Crippen LogP contribution in [0, 0.1) is 12.7 Å². The van der Waals surface area contributed by atoms with E-state index in [0.29, 0.717) is 41.5 Å². The Morgan fingerprint density at radius 2 is 1.85 bits per heavy atom. The van der Waals surface area contributed by atoms with Crippen LogP contribution in [-0.2, 0) is 19.6 Å². The lowest BCUT2D eigenvalue weighted by Crippen LogP contribution is -2.61. The van der Waals surface area contributed by atoms with Crippen molar-refractivity contribution in [3.63, 3.8) is 0 Å². The van der Waals surface area contributed by atoms with Crippen molar-refractivity contribution in [3.05, 3.63) is 88.2 Å². The first-order valence-corrected chi connectivity index (χ1v) is 14.8. The minimum absolute atomic E-state index is 0.153. The first kappa shape index (κ1) is 28.1. The highest BCUT2D eigenvalue weighted by Gasteiger charge is 2.40. The highest BCUT2D eigenvalue weighted by atomic mass is 35.5. The SMILES string of the molecule is COC(=O)CN1CCN2c3ccc(/C=C(\C)c4c(F)cccc4Cl)cc3N(S(=O)(=O)c3cccc(C)c3)C[C@@H]2C1. The molecule has 0 saturated carbocycles. The average Bonchev–Trinajstić information content (AvgIpc) is 2.92. The number of nitrogens with zero attached hydrogens (tertiary/aromatic N) is 3. The number of benzene rings is 3. The summed E-state index contributed by atoms with van der Waals surface area (Å²) in [6.07, 6.45) is 1.81. The number of allylic oxidation sites excluding steroid dienone is 1. The van der Waals surface area contributed by atoms with Gasteiger partial charge in [-0.05, 0) is 66.9 Å². The van der Waals surface area contributed by atoms with Crippen LogP contribution in [-0.4, -0.2) is 65.2 Å². The third-order valence-electron chi connectivity index (χ3n) is 7.42. The van der Waals surface area contributed by atoms with Gasteiger partial charge in [0.1, 0.15) is 5.82 Å². The molecular formula is C30H31ClFN3O4S. The Bertz CT molecular complexity index is 1570.